The number of anilines is 1. The summed E-state index contributed by atoms with van der Waals surface area (Å²) in [6.45, 7) is 3.01. The molecule has 1 aliphatic heterocycles. The maximum Gasteiger partial charge on any atom is 0.275 e. The lowest BCUT2D eigenvalue weighted by Crippen LogP contribution is -2.44. The summed E-state index contributed by atoms with van der Waals surface area (Å²) >= 11 is 0. The van der Waals surface area contributed by atoms with E-state index in [1.165, 1.54) is 13.2 Å². The number of hydrogen-bond acceptors (Lipinski definition) is 6. The maximum absolute atomic E-state index is 10.9. The van der Waals surface area contributed by atoms with Crippen LogP contribution in [0.4, 0.5) is 11.4 Å². The Morgan fingerprint density at radius 3 is 2.95 bits per heavy atom. The first-order valence-corrected chi connectivity index (χ1v) is 6.47. The highest BCUT2D eigenvalue weighted by Gasteiger charge is 2.18. The van der Waals surface area contributed by atoms with Crippen molar-refractivity contribution in [1.29, 1.82) is 0 Å². The highest BCUT2D eigenvalue weighted by molar-refractivity contribution is 5.57. The van der Waals surface area contributed by atoms with Crippen LogP contribution in [0.25, 0.3) is 0 Å². The van der Waals surface area contributed by atoms with Gasteiger partial charge in [-0.1, -0.05) is 0 Å². The Morgan fingerprint density at radius 1 is 1.55 bits per heavy atom. The van der Waals surface area contributed by atoms with Gasteiger partial charge in [0.15, 0.2) is 0 Å². The number of rotatable bonds is 5. The van der Waals surface area contributed by atoms with Gasteiger partial charge < -0.3 is 19.7 Å². The van der Waals surface area contributed by atoms with Crippen LogP contribution in [-0.4, -0.2) is 51.4 Å². The minimum atomic E-state index is -0.418. The molecule has 1 unspecified atom stereocenters. The number of nitrogens with zero attached hydrogens (tertiary/aromatic N) is 2. The lowest BCUT2D eigenvalue weighted by Gasteiger charge is -2.29. The Kier molecular flexibility index (Phi) is 4.75. The van der Waals surface area contributed by atoms with Crippen molar-refractivity contribution in [3.63, 3.8) is 0 Å². The molecule has 0 amide bonds. The third-order valence-electron chi connectivity index (χ3n) is 3.25. The monoisotopic (exact) mass is 281 g/mol. The molecule has 0 bridgehead atoms. The lowest BCUT2D eigenvalue weighted by molar-refractivity contribution is -0.384. The topological polar surface area (TPSA) is 76.9 Å². The van der Waals surface area contributed by atoms with Gasteiger partial charge in [0.05, 0.1) is 30.8 Å². The summed E-state index contributed by atoms with van der Waals surface area (Å²) in [4.78, 5) is 12.5. The van der Waals surface area contributed by atoms with Gasteiger partial charge in [0, 0.05) is 44.5 Å². The normalized spacial score (nSPS) is 18.6. The summed E-state index contributed by atoms with van der Waals surface area (Å²) in [5.74, 6) is 0.476. The number of ether oxygens (including phenoxy) is 2. The Morgan fingerprint density at radius 2 is 2.35 bits per heavy atom. The molecule has 1 fully saturated rings. The summed E-state index contributed by atoms with van der Waals surface area (Å²) in [5, 5.41) is 14.2. The number of morpholine rings is 1. The Balaban J connectivity index is 2.13. The van der Waals surface area contributed by atoms with Crippen molar-refractivity contribution in [3.8, 4) is 5.75 Å². The van der Waals surface area contributed by atoms with Gasteiger partial charge in [0.25, 0.3) is 5.69 Å². The molecule has 2 rings (SSSR count). The highest BCUT2D eigenvalue weighted by Crippen LogP contribution is 2.28. The molecule has 1 saturated heterocycles. The number of nitro groups is 1. The first-order valence-electron chi connectivity index (χ1n) is 6.47. The molecule has 7 heteroatoms. The third-order valence-corrected chi connectivity index (χ3v) is 3.25. The van der Waals surface area contributed by atoms with Gasteiger partial charge >= 0.3 is 0 Å². The summed E-state index contributed by atoms with van der Waals surface area (Å²) in [6, 6.07) is 4.73. The second kappa shape index (κ2) is 6.53. The second-order valence-electron chi connectivity index (χ2n) is 4.72. The van der Waals surface area contributed by atoms with Gasteiger partial charge in [-0.05, 0) is 0 Å². The fourth-order valence-corrected chi connectivity index (χ4v) is 2.16. The van der Waals surface area contributed by atoms with Gasteiger partial charge in [-0.25, -0.2) is 0 Å². The molecule has 1 N–H and O–H groups in total. The zero-order valence-electron chi connectivity index (χ0n) is 11.7. The van der Waals surface area contributed by atoms with E-state index in [1.54, 1.807) is 12.1 Å². The number of non-ortho nitro benzene ring substituents is 1. The minimum absolute atomic E-state index is 0.0221. The van der Waals surface area contributed by atoms with E-state index in [4.69, 9.17) is 9.47 Å². The van der Waals surface area contributed by atoms with Crippen molar-refractivity contribution in [1.82, 2.24) is 5.32 Å². The molecular weight excluding hydrogens is 262 g/mol. The van der Waals surface area contributed by atoms with Gasteiger partial charge in [0.2, 0.25) is 0 Å². The average molecular weight is 281 g/mol. The molecule has 0 aromatic heterocycles. The maximum atomic E-state index is 10.9. The van der Waals surface area contributed by atoms with Crippen LogP contribution in [0.5, 0.6) is 5.75 Å². The average Bonchev–Trinajstić information content (AvgIpc) is 2.47. The first kappa shape index (κ1) is 14.5. The van der Waals surface area contributed by atoms with Gasteiger partial charge in [-0.15, -0.1) is 0 Å². The van der Waals surface area contributed by atoms with E-state index in [0.717, 1.165) is 18.8 Å². The van der Waals surface area contributed by atoms with Crippen LogP contribution in [0.3, 0.4) is 0 Å². The van der Waals surface area contributed by atoms with Crippen LogP contribution < -0.4 is 15.0 Å². The molecule has 1 aromatic rings. The second-order valence-corrected chi connectivity index (χ2v) is 4.72. The predicted octanol–water partition coefficient (Wildman–Crippen LogP) is 1.03. The van der Waals surface area contributed by atoms with Crippen molar-refractivity contribution >= 4 is 11.4 Å². The summed E-state index contributed by atoms with van der Waals surface area (Å²) in [7, 11) is 3.38. The molecule has 0 saturated carbocycles. The van der Waals surface area contributed by atoms with Crippen LogP contribution in [0.1, 0.15) is 0 Å². The molecule has 1 aromatic carbocycles. The van der Waals surface area contributed by atoms with Crippen LogP contribution >= 0.6 is 0 Å². The van der Waals surface area contributed by atoms with Crippen molar-refractivity contribution < 1.29 is 14.4 Å². The largest absolute Gasteiger partial charge is 0.496 e. The number of nitro benzene ring substituents is 1. The minimum Gasteiger partial charge on any atom is -0.496 e. The van der Waals surface area contributed by atoms with E-state index in [2.05, 4.69) is 5.32 Å². The Labute approximate surface area is 117 Å². The number of likely N-dealkylation sites (N-methyl/N-ethyl adjacent to an activating group) is 1. The molecule has 7 nitrogen and oxygen atoms in total. The van der Waals surface area contributed by atoms with E-state index in [-0.39, 0.29) is 11.8 Å². The molecule has 1 aliphatic rings. The zero-order valence-corrected chi connectivity index (χ0v) is 11.7. The Bertz CT molecular complexity index is 475. The van der Waals surface area contributed by atoms with E-state index in [9.17, 15) is 10.1 Å². The van der Waals surface area contributed by atoms with Crippen molar-refractivity contribution in [2.75, 3.05) is 45.3 Å². The molecule has 20 heavy (non-hydrogen) atoms. The van der Waals surface area contributed by atoms with Crippen molar-refractivity contribution in [3.05, 3.63) is 28.3 Å². The van der Waals surface area contributed by atoms with Crippen LogP contribution in [0.2, 0.25) is 0 Å². The molecule has 0 radical (unpaired) electrons. The van der Waals surface area contributed by atoms with Crippen LogP contribution in [0.15, 0.2) is 18.2 Å². The molecule has 1 atom stereocenters. The predicted molar refractivity (Wildman–Crippen MR) is 75.5 cm³/mol. The Hall–Kier alpha value is -1.86. The number of hydrogen-bond donors (Lipinski definition) is 1. The van der Waals surface area contributed by atoms with E-state index in [0.29, 0.717) is 18.9 Å². The zero-order chi connectivity index (χ0) is 14.5. The molecule has 0 spiro atoms. The highest BCUT2D eigenvalue weighted by atomic mass is 16.6. The number of methoxy groups -OCH3 is 1. The number of benzene rings is 1. The summed E-state index contributed by atoms with van der Waals surface area (Å²) in [5.41, 5.74) is 0.763. The quantitative estimate of drug-likeness (QED) is 0.641. The smallest absolute Gasteiger partial charge is 0.275 e. The SMILES string of the molecule is COc1cc(N(C)CC2CNCCO2)cc([N+](=O)[O-])c1. The van der Waals surface area contributed by atoms with Crippen molar-refractivity contribution in [2.45, 2.75) is 6.10 Å². The van der Waals surface area contributed by atoms with Gasteiger partial charge in [-0.3, -0.25) is 10.1 Å². The van der Waals surface area contributed by atoms with E-state index < -0.39 is 4.92 Å². The lowest BCUT2D eigenvalue weighted by atomic mass is 10.2. The standard InChI is InChI=1S/C13H19N3O4/c1-15(9-13-8-14-3-4-20-13)10-5-11(16(17)18)7-12(6-10)19-2/h5-7,13-14H,3-4,8-9H2,1-2H3. The number of nitrogens with one attached hydrogen (secondary N) is 1. The molecule has 0 aliphatic carbocycles. The van der Waals surface area contributed by atoms with Crippen LogP contribution in [0, 0.1) is 10.1 Å². The molecule has 110 valence electrons. The molecule has 1 heterocycles. The third kappa shape index (κ3) is 3.58. The molecular formula is C13H19N3O4. The van der Waals surface area contributed by atoms with Crippen LogP contribution in [-0.2, 0) is 4.74 Å². The fraction of sp³-hybridized carbons (Fsp3) is 0.538. The first-order chi connectivity index (χ1) is 9.60. The van der Waals surface area contributed by atoms with E-state index in [1.807, 2.05) is 11.9 Å². The summed E-state index contributed by atoms with van der Waals surface area (Å²) in [6.07, 6.45) is 0.0824. The fourth-order valence-electron chi connectivity index (χ4n) is 2.16. The van der Waals surface area contributed by atoms with Gasteiger partial charge in [-0.2, -0.15) is 0 Å². The van der Waals surface area contributed by atoms with Gasteiger partial charge in [0.1, 0.15) is 5.75 Å². The summed E-state index contributed by atoms with van der Waals surface area (Å²) < 4.78 is 10.7. The van der Waals surface area contributed by atoms with E-state index >= 15 is 0 Å². The van der Waals surface area contributed by atoms with Crippen molar-refractivity contribution in [2.24, 2.45) is 0 Å².